The second kappa shape index (κ2) is 6.35. The van der Waals surface area contributed by atoms with Gasteiger partial charge in [-0.15, -0.1) is 12.4 Å². The molecule has 0 saturated carbocycles. The van der Waals surface area contributed by atoms with Crippen molar-refractivity contribution in [3.05, 3.63) is 23.8 Å². The summed E-state index contributed by atoms with van der Waals surface area (Å²) in [4.78, 5) is 11.2. The van der Waals surface area contributed by atoms with Crippen LogP contribution in [-0.4, -0.2) is 26.9 Å². The van der Waals surface area contributed by atoms with Gasteiger partial charge in [0.1, 0.15) is 11.5 Å². The maximum Gasteiger partial charge on any atom is 0.407 e. The van der Waals surface area contributed by atoms with Crippen molar-refractivity contribution in [2.75, 3.05) is 20.8 Å². The van der Waals surface area contributed by atoms with E-state index in [4.69, 9.17) is 14.2 Å². The van der Waals surface area contributed by atoms with Crippen LogP contribution in [0.5, 0.6) is 11.5 Å². The molecule has 1 saturated heterocycles. The second-order valence-electron chi connectivity index (χ2n) is 3.73. The van der Waals surface area contributed by atoms with Crippen LogP contribution in [0.4, 0.5) is 4.79 Å². The van der Waals surface area contributed by atoms with E-state index in [1.807, 2.05) is 18.2 Å². The zero-order chi connectivity index (χ0) is 12.3. The predicted molar refractivity (Wildman–Crippen MR) is 68.6 cm³/mol. The minimum absolute atomic E-state index is 0. The Labute approximate surface area is 112 Å². The predicted octanol–water partition coefficient (Wildman–Crippen LogP) is 2.30. The van der Waals surface area contributed by atoms with E-state index in [0.717, 1.165) is 23.5 Å². The van der Waals surface area contributed by atoms with Gasteiger partial charge in [-0.3, -0.25) is 0 Å². The Morgan fingerprint density at radius 3 is 2.72 bits per heavy atom. The van der Waals surface area contributed by atoms with Gasteiger partial charge in [0.05, 0.1) is 26.9 Å². The first-order valence-electron chi connectivity index (χ1n) is 5.40. The Hall–Kier alpha value is -1.62. The smallest absolute Gasteiger partial charge is 0.407 e. The number of alkyl carbamates (subject to hydrolysis) is 1. The van der Waals surface area contributed by atoms with Crippen LogP contribution in [0.2, 0.25) is 0 Å². The summed E-state index contributed by atoms with van der Waals surface area (Å²) in [5.74, 6) is 1.47. The van der Waals surface area contributed by atoms with Crippen LogP contribution in [-0.2, 0) is 4.74 Å². The van der Waals surface area contributed by atoms with Crippen LogP contribution >= 0.6 is 12.4 Å². The fourth-order valence-corrected chi connectivity index (χ4v) is 1.87. The molecule has 5 nitrogen and oxygen atoms in total. The van der Waals surface area contributed by atoms with Crippen molar-refractivity contribution in [2.24, 2.45) is 0 Å². The van der Waals surface area contributed by atoms with Crippen molar-refractivity contribution in [2.45, 2.75) is 12.5 Å². The number of amides is 1. The molecule has 0 bridgehead atoms. The molecule has 1 aliphatic rings. The van der Waals surface area contributed by atoms with E-state index >= 15 is 0 Å². The number of cyclic esters (lactones) is 1. The molecule has 18 heavy (non-hydrogen) atoms. The average Bonchev–Trinajstić information content (AvgIpc) is 2.38. The monoisotopic (exact) mass is 273 g/mol. The van der Waals surface area contributed by atoms with Gasteiger partial charge in [0, 0.05) is 12.0 Å². The zero-order valence-electron chi connectivity index (χ0n) is 10.3. The summed E-state index contributed by atoms with van der Waals surface area (Å²) < 4.78 is 15.3. The minimum atomic E-state index is -0.397. The SMILES string of the molecule is COc1ccc(OC)c([C@@H]2CCOC(=O)N2)c1.Cl. The van der Waals surface area contributed by atoms with Crippen molar-refractivity contribution in [3.8, 4) is 11.5 Å². The summed E-state index contributed by atoms with van der Waals surface area (Å²) in [6.07, 6.45) is 0.320. The van der Waals surface area contributed by atoms with Gasteiger partial charge in [-0.1, -0.05) is 0 Å². The number of hydrogen-bond donors (Lipinski definition) is 1. The lowest BCUT2D eigenvalue weighted by atomic mass is 10.0. The first kappa shape index (κ1) is 14.4. The quantitative estimate of drug-likeness (QED) is 0.918. The maximum absolute atomic E-state index is 11.2. The molecule has 0 radical (unpaired) electrons. The van der Waals surface area contributed by atoms with E-state index in [9.17, 15) is 4.79 Å². The van der Waals surface area contributed by atoms with Gasteiger partial charge in [0.25, 0.3) is 0 Å². The van der Waals surface area contributed by atoms with E-state index in [1.165, 1.54) is 0 Å². The highest BCUT2D eigenvalue weighted by Gasteiger charge is 2.23. The molecule has 1 heterocycles. The molecule has 0 aliphatic carbocycles. The topological polar surface area (TPSA) is 56.8 Å². The highest BCUT2D eigenvalue weighted by atomic mass is 35.5. The summed E-state index contributed by atoms with van der Waals surface area (Å²) >= 11 is 0. The molecule has 6 heteroatoms. The van der Waals surface area contributed by atoms with Gasteiger partial charge in [-0.25, -0.2) is 4.79 Å². The number of halogens is 1. The third kappa shape index (κ3) is 2.98. The lowest BCUT2D eigenvalue weighted by Gasteiger charge is -2.25. The Bertz CT molecular complexity index is 425. The Balaban J connectivity index is 0.00000162. The Morgan fingerprint density at radius 2 is 2.11 bits per heavy atom. The van der Waals surface area contributed by atoms with Gasteiger partial charge in [0.15, 0.2) is 0 Å². The molecule has 0 unspecified atom stereocenters. The summed E-state index contributed by atoms with van der Waals surface area (Å²) in [5, 5.41) is 2.76. The normalized spacial score (nSPS) is 18.1. The third-order valence-corrected chi connectivity index (χ3v) is 2.74. The van der Waals surface area contributed by atoms with Crippen LogP contribution in [0.25, 0.3) is 0 Å². The molecule has 1 fully saturated rings. The molecule has 2 rings (SSSR count). The molecule has 1 aromatic carbocycles. The van der Waals surface area contributed by atoms with Crippen molar-refractivity contribution in [1.82, 2.24) is 5.32 Å². The fraction of sp³-hybridized carbons (Fsp3) is 0.417. The van der Waals surface area contributed by atoms with Crippen LogP contribution in [0.3, 0.4) is 0 Å². The first-order chi connectivity index (χ1) is 8.24. The zero-order valence-corrected chi connectivity index (χ0v) is 11.1. The molecular weight excluding hydrogens is 258 g/mol. The molecule has 1 aromatic rings. The molecule has 1 aliphatic heterocycles. The highest BCUT2D eigenvalue weighted by molar-refractivity contribution is 5.85. The number of ether oxygens (including phenoxy) is 3. The number of carbonyl (C=O) groups is 1. The van der Waals surface area contributed by atoms with E-state index in [1.54, 1.807) is 14.2 Å². The summed E-state index contributed by atoms with van der Waals surface area (Å²) in [7, 11) is 3.21. The van der Waals surface area contributed by atoms with Crippen molar-refractivity contribution in [1.29, 1.82) is 0 Å². The lowest BCUT2D eigenvalue weighted by Crippen LogP contribution is -2.35. The molecule has 1 N–H and O–H groups in total. The number of methoxy groups -OCH3 is 2. The number of rotatable bonds is 3. The van der Waals surface area contributed by atoms with Crippen LogP contribution in [0, 0.1) is 0 Å². The van der Waals surface area contributed by atoms with Gasteiger partial charge < -0.3 is 19.5 Å². The fourth-order valence-electron chi connectivity index (χ4n) is 1.87. The summed E-state index contributed by atoms with van der Waals surface area (Å²) in [6, 6.07) is 5.43. The van der Waals surface area contributed by atoms with E-state index in [-0.39, 0.29) is 18.4 Å². The maximum atomic E-state index is 11.2. The number of hydrogen-bond acceptors (Lipinski definition) is 4. The van der Waals surface area contributed by atoms with Gasteiger partial charge >= 0.3 is 6.09 Å². The molecule has 0 aromatic heterocycles. The van der Waals surface area contributed by atoms with Crippen LogP contribution < -0.4 is 14.8 Å². The van der Waals surface area contributed by atoms with E-state index < -0.39 is 6.09 Å². The van der Waals surface area contributed by atoms with Crippen molar-refractivity contribution >= 4 is 18.5 Å². The average molecular weight is 274 g/mol. The second-order valence-corrected chi connectivity index (χ2v) is 3.73. The highest BCUT2D eigenvalue weighted by Crippen LogP contribution is 2.32. The van der Waals surface area contributed by atoms with Gasteiger partial charge in [0.2, 0.25) is 0 Å². The molecular formula is C12H16ClNO4. The largest absolute Gasteiger partial charge is 0.497 e. The minimum Gasteiger partial charge on any atom is -0.497 e. The lowest BCUT2D eigenvalue weighted by molar-refractivity contribution is 0.115. The van der Waals surface area contributed by atoms with Crippen LogP contribution in [0.15, 0.2) is 18.2 Å². The Morgan fingerprint density at radius 1 is 1.33 bits per heavy atom. The molecule has 1 amide bonds. The Kier molecular flexibility index (Phi) is 5.09. The van der Waals surface area contributed by atoms with Crippen molar-refractivity contribution in [3.63, 3.8) is 0 Å². The first-order valence-corrected chi connectivity index (χ1v) is 5.40. The van der Waals surface area contributed by atoms with Crippen LogP contribution in [0.1, 0.15) is 18.0 Å². The van der Waals surface area contributed by atoms with E-state index in [2.05, 4.69) is 5.32 Å². The molecule has 1 atom stereocenters. The standard InChI is InChI=1S/C12H15NO4.ClH/c1-15-8-3-4-11(16-2)9(7-8)10-5-6-17-12(14)13-10;/h3-4,7,10H,5-6H2,1-2H3,(H,13,14);1H/t10-;/m0./s1. The number of nitrogens with one attached hydrogen (secondary N) is 1. The number of carbonyl (C=O) groups excluding carboxylic acids is 1. The molecule has 0 spiro atoms. The van der Waals surface area contributed by atoms with Crippen molar-refractivity contribution < 1.29 is 19.0 Å². The number of benzene rings is 1. The molecule has 100 valence electrons. The summed E-state index contributed by atoms with van der Waals surface area (Å²) in [5.41, 5.74) is 0.906. The third-order valence-electron chi connectivity index (χ3n) is 2.74. The summed E-state index contributed by atoms with van der Waals surface area (Å²) in [6.45, 7) is 0.414. The van der Waals surface area contributed by atoms with E-state index in [0.29, 0.717) is 6.61 Å². The van der Waals surface area contributed by atoms with Gasteiger partial charge in [-0.2, -0.15) is 0 Å². The van der Waals surface area contributed by atoms with Gasteiger partial charge in [-0.05, 0) is 18.2 Å².